The summed E-state index contributed by atoms with van der Waals surface area (Å²) in [6, 6.07) is 6.14. The van der Waals surface area contributed by atoms with Crippen LogP contribution in [0.15, 0.2) is 34.3 Å². The first-order valence-corrected chi connectivity index (χ1v) is 7.16. The van der Waals surface area contributed by atoms with E-state index < -0.39 is 0 Å². The summed E-state index contributed by atoms with van der Waals surface area (Å²) in [5.41, 5.74) is 5.81. The second-order valence-corrected chi connectivity index (χ2v) is 5.56. The fraction of sp³-hybridized carbons (Fsp3) is 0.357. The summed E-state index contributed by atoms with van der Waals surface area (Å²) >= 11 is 1.55. The molecular weight excluding hydrogens is 260 g/mol. The third kappa shape index (κ3) is 4.22. The summed E-state index contributed by atoms with van der Waals surface area (Å²) in [6.07, 6.45) is 3.64. The van der Waals surface area contributed by atoms with Gasteiger partial charge in [0.1, 0.15) is 5.76 Å². The van der Waals surface area contributed by atoms with E-state index in [-0.39, 0.29) is 5.91 Å². The SMILES string of the molecule is CC(CCc1ccco1)NCc1cc(C(N)=O)cs1. The van der Waals surface area contributed by atoms with Crippen LogP contribution < -0.4 is 11.1 Å². The lowest BCUT2D eigenvalue weighted by Gasteiger charge is -2.11. The van der Waals surface area contributed by atoms with Gasteiger partial charge < -0.3 is 15.5 Å². The van der Waals surface area contributed by atoms with Crippen molar-refractivity contribution < 1.29 is 9.21 Å². The third-order valence-corrected chi connectivity index (χ3v) is 3.90. The van der Waals surface area contributed by atoms with Gasteiger partial charge in [0.25, 0.3) is 0 Å². The largest absolute Gasteiger partial charge is 0.469 e. The molecule has 1 amide bonds. The lowest BCUT2D eigenvalue weighted by molar-refractivity contribution is 0.100. The molecule has 2 aromatic heterocycles. The van der Waals surface area contributed by atoms with Gasteiger partial charge in [-0.15, -0.1) is 11.3 Å². The number of aryl methyl sites for hydroxylation is 1. The molecule has 2 aromatic rings. The normalized spacial score (nSPS) is 12.5. The number of carbonyl (C=O) groups excluding carboxylic acids is 1. The Balaban J connectivity index is 1.73. The first-order valence-electron chi connectivity index (χ1n) is 6.28. The minimum atomic E-state index is -0.367. The minimum absolute atomic E-state index is 0.367. The zero-order valence-electron chi connectivity index (χ0n) is 10.9. The summed E-state index contributed by atoms with van der Waals surface area (Å²) in [7, 11) is 0. The maximum Gasteiger partial charge on any atom is 0.249 e. The van der Waals surface area contributed by atoms with E-state index in [1.807, 2.05) is 18.2 Å². The molecule has 19 heavy (non-hydrogen) atoms. The average Bonchev–Trinajstić information content (AvgIpc) is 3.05. The zero-order valence-corrected chi connectivity index (χ0v) is 11.7. The quantitative estimate of drug-likeness (QED) is 0.818. The maximum absolute atomic E-state index is 11.0. The predicted molar refractivity (Wildman–Crippen MR) is 76.2 cm³/mol. The van der Waals surface area contributed by atoms with Crippen LogP contribution in [0.25, 0.3) is 0 Å². The van der Waals surface area contributed by atoms with Gasteiger partial charge in [-0.25, -0.2) is 0 Å². The summed E-state index contributed by atoms with van der Waals surface area (Å²) in [6.45, 7) is 2.91. The van der Waals surface area contributed by atoms with E-state index in [0.29, 0.717) is 11.6 Å². The molecular formula is C14H18N2O2S. The average molecular weight is 278 g/mol. The van der Waals surface area contributed by atoms with E-state index >= 15 is 0 Å². The molecule has 0 aliphatic heterocycles. The molecule has 0 fully saturated rings. The number of thiophene rings is 1. The van der Waals surface area contributed by atoms with Crippen molar-refractivity contribution in [3.05, 3.63) is 46.0 Å². The molecule has 3 N–H and O–H groups in total. The number of nitrogens with two attached hydrogens (primary N) is 1. The molecule has 0 aromatic carbocycles. The van der Waals surface area contributed by atoms with Crippen molar-refractivity contribution in [3.63, 3.8) is 0 Å². The lowest BCUT2D eigenvalue weighted by Crippen LogP contribution is -2.25. The molecule has 2 rings (SSSR count). The molecule has 0 saturated carbocycles. The fourth-order valence-electron chi connectivity index (χ4n) is 1.79. The summed E-state index contributed by atoms with van der Waals surface area (Å²) in [5, 5.41) is 5.23. The van der Waals surface area contributed by atoms with Crippen LogP contribution in [0.4, 0.5) is 0 Å². The number of furan rings is 1. The molecule has 0 radical (unpaired) electrons. The second kappa shape index (κ2) is 6.54. The fourth-order valence-corrected chi connectivity index (χ4v) is 2.62. The molecule has 0 bridgehead atoms. The number of primary amides is 1. The molecule has 1 atom stereocenters. The molecule has 2 heterocycles. The Labute approximate surface area is 116 Å². The van der Waals surface area contributed by atoms with Crippen LogP contribution in [0.3, 0.4) is 0 Å². The molecule has 5 heteroatoms. The van der Waals surface area contributed by atoms with Gasteiger partial charge in [0.15, 0.2) is 0 Å². The standard InChI is InChI=1S/C14H18N2O2S/c1-10(4-5-12-3-2-6-18-12)16-8-13-7-11(9-19-13)14(15)17/h2-3,6-7,9-10,16H,4-5,8H2,1H3,(H2,15,17). The van der Waals surface area contributed by atoms with Crippen LogP contribution in [-0.2, 0) is 13.0 Å². The van der Waals surface area contributed by atoms with Gasteiger partial charge in [-0.05, 0) is 31.5 Å². The van der Waals surface area contributed by atoms with Crippen LogP contribution in [-0.4, -0.2) is 11.9 Å². The van der Waals surface area contributed by atoms with Crippen molar-refractivity contribution in [3.8, 4) is 0 Å². The molecule has 0 saturated heterocycles. The third-order valence-electron chi connectivity index (χ3n) is 2.97. The van der Waals surface area contributed by atoms with Crippen molar-refractivity contribution in [2.45, 2.75) is 32.4 Å². The minimum Gasteiger partial charge on any atom is -0.469 e. The van der Waals surface area contributed by atoms with E-state index in [4.69, 9.17) is 10.2 Å². The van der Waals surface area contributed by atoms with Gasteiger partial charge >= 0.3 is 0 Å². The van der Waals surface area contributed by atoms with Gasteiger partial charge in [-0.1, -0.05) is 0 Å². The van der Waals surface area contributed by atoms with Crippen molar-refractivity contribution >= 4 is 17.2 Å². The van der Waals surface area contributed by atoms with E-state index in [9.17, 15) is 4.79 Å². The topological polar surface area (TPSA) is 68.3 Å². The number of amides is 1. The Morgan fingerprint density at radius 3 is 3.05 bits per heavy atom. The number of hydrogen-bond donors (Lipinski definition) is 2. The van der Waals surface area contributed by atoms with E-state index in [1.54, 1.807) is 23.0 Å². The number of carbonyl (C=O) groups is 1. The first-order chi connectivity index (χ1) is 9.15. The van der Waals surface area contributed by atoms with E-state index in [1.165, 1.54) is 0 Å². The van der Waals surface area contributed by atoms with Gasteiger partial charge in [0.2, 0.25) is 5.91 Å². The smallest absolute Gasteiger partial charge is 0.249 e. The Hall–Kier alpha value is -1.59. The highest BCUT2D eigenvalue weighted by Crippen LogP contribution is 2.14. The van der Waals surface area contributed by atoms with Crippen molar-refractivity contribution in [2.75, 3.05) is 0 Å². The van der Waals surface area contributed by atoms with E-state index in [0.717, 1.165) is 30.0 Å². The Morgan fingerprint density at radius 2 is 2.42 bits per heavy atom. The van der Waals surface area contributed by atoms with Gasteiger partial charge in [-0.3, -0.25) is 4.79 Å². The number of nitrogens with one attached hydrogen (secondary N) is 1. The lowest BCUT2D eigenvalue weighted by atomic mass is 10.1. The highest BCUT2D eigenvalue weighted by molar-refractivity contribution is 7.10. The number of hydrogen-bond acceptors (Lipinski definition) is 4. The van der Waals surface area contributed by atoms with E-state index in [2.05, 4.69) is 12.2 Å². The Bertz CT molecular complexity index is 519. The predicted octanol–water partition coefficient (Wildman–Crippen LogP) is 2.55. The van der Waals surface area contributed by atoms with Crippen molar-refractivity contribution in [1.82, 2.24) is 5.32 Å². The van der Waals surface area contributed by atoms with Crippen molar-refractivity contribution in [1.29, 1.82) is 0 Å². The first kappa shape index (κ1) is 13.8. The highest BCUT2D eigenvalue weighted by Gasteiger charge is 2.07. The van der Waals surface area contributed by atoms with Gasteiger partial charge in [-0.2, -0.15) is 0 Å². The number of rotatable bonds is 7. The molecule has 0 aliphatic rings. The molecule has 0 spiro atoms. The van der Waals surface area contributed by atoms with Crippen LogP contribution in [0.1, 0.15) is 34.3 Å². The molecule has 1 unspecified atom stereocenters. The molecule has 0 aliphatic carbocycles. The summed E-state index contributed by atoms with van der Waals surface area (Å²) < 4.78 is 5.30. The highest BCUT2D eigenvalue weighted by atomic mass is 32.1. The Morgan fingerprint density at radius 1 is 1.58 bits per heavy atom. The van der Waals surface area contributed by atoms with Gasteiger partial charge in [0, 0.05) is 29.3 Å². The zero-order chi connectivity index (χ0) is 13.7. The van der Waals surface area contributed by atoms with Crippen LogP contribution in [0, 0.1) is 0 Å². The summed E-state index contributed by atoms with van der Waals surface area (Å²) in [5.74, 6) is 0.647. The second-order valence-electron chi connectivity index (χ2n) is 4.57. The molecule has 4 nitrogen and oxygen atoms in total. The maximum atomic E-state index is 11.0. The Kier molecular flexibility index (Phi) is 4.76. The van der Waals surface area contributed by atoms with Crippen LogP contribution >= 0.6 is 11.3 Å². The monoisotopic (exact) mass is 278 g/mol. The van der Waals surface area contributed by atoms with Crippen LogP contribution in [0.2, 0.25) is 0 Å². The van der Waals surface area contributed by atoms with Crippen LogP contribution in [0.5, 0.6) is 0 Å². The molecule has 102 valence electrons. The van der Waals surface area contributed by atoms with Crippen molar-refractivity contribution in [2.24, 2.45) is 5.73 Å². The summed E-state index contributed by atoms with van der Waals surface area (Å²) in [4.78, 5) is 12.1. The van der Waals surface area contributed by atoms with Gasteiger partial charge in [0.05, 0.1) is 11.8 Å².